The van der Waals surface area contributed by atoms with Gasteiger partial charge in [-0.3, -0.25) is 0 Å². The minimum absolute atomic E-state index is 0.386. The highest BCUT2D eigenvalue weighted by atomic mass is 16.5. The first-order chi connectivity index (χ1) is 9.83. The second-order valence-electron chi connectivity index (χ2n) is 5.04. The Morgan fingerprint density at radius 2 is 2.00 bits per heavy atom. The molecule has 2 heteroatoms. The predicted octanol–water partition coefficient (Wildman–Crippen LogP) is 4.87. The fourth-order valence-corrected chi connectivity index (χ4v) is 2.37. The van der Waals surface area contributed by atoms with Crippen LogP contribution in [0.2, 0.25) is 0 Å². The van der Waals surface area contributed by atoms with Crippen molar-refractivity contribution < 1.29 is 4.74 Å². The Kier molecular flexibility index (Phi) is 8.81. The smallest absolute Gasteiger partial charge is 0.124 e. The number of para-hydroxylation sites is 1. The normalized spacial score (nSPS) is 12.1. The van der Waals surface area contributed by atoms with Gasteiger partial charge in [-0.2, -0.15) is 0 Å². The molecule has 0 aromatic heterocycles. The Labute approximate surface area is 124 Å². The highest BCUT2D eigenvalue weighted by molar-refractivity contribution is 5.35. The summed E-state index contributed by atoms with van der Waals surface area (Å²) < 4.78 is 5.98. The summed E-state index contributed by atoms with van der Waals surface area (Å²) in [4.78, 5) is 0. The molecule has 0 aliphatic carbocycles. The van der Waals surface area contributed by atoms with Gasteiger partial charge in [0.2, 0.25) is 0 Å². The summed E-state index contributed by atoms with van der Waals surface area (Å²) in [7, 11) is 0. The van der Waals surface area contributed by atoms with E-state index in [1.165, 1.54) is 18.4 Å². The topological polar surface area (TPSA) is 21.3 Å². The third-order valence-electron chi connectivity index (χ3n) is 3.46. The van der Waals surface area contributed by atoms with Crippen molar-refractivity contribution in [3.63, 3.8) is 0 Å². The van der Waals surface area contributed by atoms with Gasteiger partial charge in [-0.05, 0) is 44.7 Å². The Hall–Kier alpha value is -1.28. The number of unbranched alkanes of at least 4 members (excludes halogenated alkanes) is 3. The molecule has 0 saturated heterocycles. The van der Waals surface area contributed by atoms with Crippen molar-refractivity contribution in [1.29, 1.82) is 0 Å². The van der Waals surface area contributed by atoms with Gasteiger partial charge in [0.05, 0.1) is 6.61 Å². The van der Waals surface area contributed by atoms with E-state index in [1.54, 1.807) is 0 Å². The molecule has 0 radical (unpaired) electrons. The predicted molar refractivity (Wildman–Crippen MR) is 87.3 cm³/mol. The zero-order chi connectivity index (χ0) is 14.6. The highest BCUT2D eigenvalue weighted by Crippen LogP contribution is 2.27. The van der Waals surface area contributed by atoms with E-state index in [4.69, 9.17) is 4.74 Å². The summed E-state index contributed by atoms with van der Waals surface area (Å²) in [5, 5.41) is 3.52. The zero-order valence-electron chi connectivity index (χ0n) is 13.0. The third-order valence-corrected chi connectivity index (χ3v) is 3.46. The number of benzene rings is 1. The average molecular weight is 275 g/mol. The van der Waals surface area contributed by atoms with Crippen LogP contribution in [-0.2, 0) is 0 Å². The largest absolute Gasteiger partial charge is 0.493 e. The Morgan fingerprint density at radius 3 is 2.70 bits per heavy atom. The molecule has 0 spiro atoms. The Morgan fingerprint density at radius 1 is 1.20 bits per heavy atom. The van der Waals surface area contributed by atoms with Crippen LogP contribution in [0.3, 0.4) is 0 Å². The molecule has 2 nitrogen and oxygen atoms in total. The van der Waals surface area contributed by atoms with Gasteiger partial charge < -0.3 is 10.1 Å². The van der Waals surface area contributed by atoms with Gasteiger partial charge in [0, 0.05) is 11.6 Å². The summed E-state index contributed by atoms with van der Waals surface area (Å²) in [5.41, 5.74) is 1.28. The number of hydrogen-bond acceptors (Lipinski definition) is 2. The molecule has 20 heavy (non-hydrogen) atoms. The van der Waals surface area contributed by atoms with Crippen LogP contribution in [0, 0.1) is 0 Å². The average Bonchev–Trinajstić information content (AvgIpc) is 2.49. The van der Waals surface area contributed by atoms with E-state index >= 15 is 0 Å². The van der Waals surface area contributed by atoms with Gasteiger partial charge in [-0.15, -0.1) is 6.58 Å². The molecule has 112 valence electrons. The molecule has 0 aliphatic rings. The zero-order valence-corrected chi connectivity index (χ0v) is 13.0. The maximum absolute atomic E-state index is 5.98. The van der Waals surface area contributed by atoms with E-state index in [0.717, 1.165) is 38.2 Å². The number of hydrogen-bond donors (Lipinski definition) is 1. The first-order valence-electron chi connectivity index (χ1n) is 7.89. The fraction of sp³-hybridized carbons (Fsp3) is 0.556. The van der Waals surface area contributed by atoms with Crippen LogP contribution < -0.4 is 10.1 Å². The number of allylic oxidation sites excluding steroid dienone is 1. The highest BCUT2D eigenvalue weighted by Gasteiger charge is 2.12. The molecule has 1 unspecified atom stereocenters. The Balaban J connectivity index is 2.50. The summed E-state index contributed by atoms with van der Waals surface area (Å²) in [6.45, 7) is 9.88. The van der Waals surface area contributed by atoms with Gasteiger partial charge in [0.25, 0.3) is 0 Å². The van der Waals surface area contributed by atoms with Crippen LogP contribution in [0.4, 0.5) is 0 Å². The second kappa shape index (κ2) is 10.5. The van der Waals surface area contributed by atoms with E-state index in [2.05, 4.69) is 50.0 Å². The van der Waals surface area contributed by atoms with Gasteiger partial charge >= 0.3 is 0 Å². The quantitative estimate of drug-likeness (QED) is 0.459. The van der Waals surface area contributed by atoms with Crippen LogP contribution in [0.1, 0.15) is 57.6 Å². The molecular weight excluding hydrogens is 246 g/mol. The minimum Gasteiger partial charge on any atom is -0.493 e. The van der Waals surface area contributed by atoms with E-state index in [-0.39, 0.29) is 0 Å². The minimum atomic E-state index is 0.386. The van der Waals surface area contributed by atoms with Gasteiger partial charge in [0.1, 0.15) is 5.75 Å². The lowest BCUT2D eigenvalue weighted by molar-refractivity contribution is 0.298. The second-order valence-corrected chi connectivity index (χ2v) is 5.04. The number of rotatable bonds is 11. The molecule has 1 aromatic rings. The molecule has 1 rings (SSSR count). The van der Waals surface area contributed by atoms with Crippen molar-refractivity contribution in [2.75, 3.05) is 13.2 Å². The number of ether oxygens (including phenoxy) is 1. The number of nitrogens with one attached hydrogen (secondary N) is 1. The first-order valence-corrected chi connectivity index (χ1v) is 7.89. The van der Waals surface area contributed by atoms with Crippen LogP contribution in [-0.4, -0.2) is 13.2 Å². The van der Waals surface area contributed by atoms with Gasteiger partial charge in [0.15, 0.2) is 0 Å². The molecule has 0 fully saturated rings. The van der Waals surface area contributed by atoms with Crippen molar-refractivity contribution in [1.82, 2.24) is 5.32 Å². The van der Waals surface area contributed by atoms with Crippen LogP contribution in [0.25, 0.3) is 0 Å². The van der Waals surface area contributed by atoms with E-state index in [9.17, 15) is 0 Å². The van der Waals surface area contributed by atoms with Crippen LogP contribution in [0.15, 0.2) is 36.9 Å². The maximum atomic E-state index is 5.98. The summed E-state index contributed by atoms with van der Waals surface area (Å²) in [5.74, 6) is 1.03. The molecule has 0 amide bonds. The molecule has 0 bridgehead atoms. The first kappa shape index (κ1) is 16.8. The third kappa shape index (κ3) is 5.79. The van der Waals surface area contributed by atoms with E-state index in [0.29, 0.717) is 6.04 Å². The molecular formula is C18H29NO. The summed E-state index contributed by atoms with van der Waals surface area (Å²) in [6, 6.07) is 8.78. The van der Waals surface area contributed by atoms with Crippen molar-refractivity contribution in [3.05, 3.63) is 42.5 Å². The maximum Gasteiger partial charge on any atom is 0.124 e. The molecule has 1 aromatic carbocycles. The van der Waals surface area contributed by atoms with Gasteiger partial charge in [-0.25, -0.2) is 0 Å². The van der Waals surface area contributed by atoms with E-state index < -0.39 is 0 Å². The monoisotopic (exact) mass is 275 g/mol. The Bertz CT molecular complexity index is 375. The van der Waals surface area contributed by atoms with Crippen molar-refractivity contribution in [3.8, 4) is 5.75 Å². The standard InChI is InChI=1S/C18H29NO/c1-4-7-8-9-12-15-20-18-14-11-10-13-16(18)17(5-2)19-6-3/h4,10-11,13-14,17,19H,1,5-9,12,15H2,2-3H3. The van der Waals surface area contributed by atoms with Gasteiger partial charge in [-0.1, -0.05) is 38.1 Å². The summed E-state index contributed by atoms with van der Waals surface area (Å²) >= 11 is 0. The molecule has 0 aliphatic heterocycles. The van der Waals surface area contributed by atoms with E-state index in [1.807, 2.05) is 6.08 Å². The molecule has 0 saturated carbocycles. The lowest BCUT2D eigenvalue weighted by Crippen LogP contribution is -2.20. The SMILES string of the molecule is C=CCCCCCOc1ccccc1C(CC)NCC. The lowest BCUT2D eigenvalue weighted by atomic mass is 10.0. The fourth-order valence-electron chi connectivity index (χ4n) is 2.37. The van der Waals surface area contributed by atoms with Crippen molar-refractivity contribution >= 4 is 0 Å². The molecule has 1 N–H and O–H groups in total. The lowest BCUT2D eigenvalue weighted by Gasteiger charge is -2.20. The summed E-state index contributed by atoms with van der Waals surface area (Å²) in [6.07, 6.45) is 7.70. The van der Waals surface area contributed by atoms with Crippen LogP contribution in [0.5, 0.6) is 5.75 Å². The molecule has 0 heterocycles. The van der Waals surface area contributed by atoms with Crippen molar-refractivity contribution in [2.45, 2.75) is 52.0 Å². The van der Waals surface area contributed by atoms with Crippen molar-refractivity contribution in [2.24, 2.45) is 0 Å². The molecule has 1 atom stereocenters. The van der Waals surface area contributed by atoms with Crippen LogP contribution >= 0.6 is 0 Å².